The van der Waals surface area contributed by atoms with Gasteiger partial charge in [-0.2, -0.15) is 0 Å². The van der Waals surface area contributed by atoms with E-state index in [4.69, 9.17) is 4.42 Å². The van der Waals surface area contributed by atoms with Crippen LogP contribution in [0.3, 0.4) is 0 Å². The van der Waals surface area contributed by atoms with Gasteiger partial charge < -0.3 is 14.2 Å². The highest BCUT2D eigenvalue weighted by Gasteiger charge is 2.59. The van der Waals surface area contributed by atoms with E-state index >= 15 is 0 Å². The topological polar surface area (TPSA) is 57.0 Å². The number of furan rings is 1. The Kier molecular flexibility index (Phi) is 5.87. The number of carbonyl (C=O) groups excluding carboxylic acids is 2. The van der Waals surface area contributed by atoms with Crippen molar-refractivity contribution in [1.29, 1.82) is 0 Å². The maximum atomic E-state index is 13.1. The lowest BCUT2D eigenvalue weighted by Gasteiger charge is -2.36. The molecule has 5 rings (SSSR count). The van der Waals surface area contributed by atoms with E-state index in [0.29, 0.717) is 11.5 Å². The molecule has 6 nitrogen and oxygen atoms in total. The predicted octanol–water partition coefficient (Wildman–Crippen LogP) is 3.38. The first-order valence-electron chi connectivity index (χ1n) is 11.7. The van der Waals surface area contributed by atoms with E-state index in [2.05, 4.69) is 46.2 Å². The van der Waals surface area contributed by atoms with Crippen LogP contribution in [0.5, 0.6) is 0 Å². The molecule has 1 spiro atoms. The molecule has 1 aliphatic carbocycles. The van der Waals surface area contributed by atoms with Crippen LogP contribution in [0.25, 0.3) is 6.08 Å². The standard InChI is InChI=1S/C26H31N3O3/c30-24(22-8-18-32-20-22)28-12-9-26(10-13-28)19-23(26)25(31)29-16-14-27(15-17-29)11-4-7-21-5-2-1-3-6-21/h1-8,18,20,23H,9-17,19H2. The van der Waals surface area contributed by atoms with E-state index < -0.39 is 0 Å². The van der Waals surface area contributed by atoms with Gasteiger partial charge in [-0.05, 0) is 36.3 Å². The second-order valence-corrected chi connectivity index (χ2v) is 9.36. The minimum absolute atomic E-state index is 0.0366. The summed E-state index contributed by atoms with van der Waals surface area (Å²) in [7, 11) is 0. The molecule has 168 valence electrons. The molecule has 1 saturated carbocycles. The van der Waals surface area contributed by atoms with E-state index in [9.17, 15) is 9.59 Å². The Labute approximate surface area is 189 Å². The van der Waals surface area contributed by atoms with Crippen molar-refractivity contribution in [2.45, 2.75) is 19.3 Å². The Morgan fingerprint density at radius 1 is 0.969 bits per heavy atom. The molecule has 3 aliphatic rings. The van der Waals surface area contributed by atoms with E-state index in [0.717, 1.165) is 65.1 Å². The number of likely N-dealkylation sites (tertiary alicyclic amines) is 1. The summed E-state index contributed by atoms with van der Waals surface area (Å²) in [6, 6.07) is 12.1. The van der Waals surface area contributed by atoms with Crippen molar-refractivity contribution in [3.8, 4) is 0 Å². The minimum atomic E-state index is 0.0366. The summed E-state index contributed by atoms with van der Waals surface area (Å²) in [5.74, 6) is 0.520. The van der Waals surface area contributed by atoms with Gasteiger partial charge in [-0.25, -0.2) is 0 Å². The third-order valence-electron chi connectivity index (χ3n) is 7.46. The van der Waals surface area contributed by atoms with Crippen LogP contribution in [0.1, 0.15) is 35.2 Å². The summed E-state index contributed by atoms with van der Waals surface area (Å²) in [6.45, 7) is 5.87. The molecule has 1 aromatic carbocycles. The summed E-state index contributed by atoms with van der Waals surface area (Å²) in [4.78, 5) is 32.0. The van der Waals surface area contributed by atoms with Crippen molar-refractivity contribution in [3.05, 3.63) is 66.1 Å². The van der Waals surface area contributed by atoms with Crippen molar-refractivity contribution in [3.63, 3.8) is 0 Å². The summed E-state index contributed by atoms with van der Waals surface area (Å²) in [5, 5.41) is 0. The number of amides is 2. The molecular weight excluding hydrogens is 402 g/mol. The van der Waals surface area contributed by atoms with E-state index in [1.807, 2.05) is 11.0 Å². The van der Waals surface area contributed by atoms with Crippen molar-refractivity contribution in [1.82, 2.24) is 14.7 Å². The van der Waals surface area contributed by atoms with Crippen LogP contribution >= 0.6 is 0 Å². The fourth-order valence-electron chi connectivity index (χ4n) is 5.25. The SMILES string of the molecule is O=C(c1ccoc1)N1CCC2(CC1)CC2C(=O)N1CCN(CC=Cc2ccccc2)CC1. The highest BCUT2D eigenvalue weighted by molar-refractivity contribution is 5.94. The molecule has 0 bridgehead atoms. The number of hydrogen-bond acceptors (Lipinski definition) is 4. The number of benzene rings is 1. The van der Waals surface area contributed by atoms with Crippen molar-refractivity contribution in [2.24, 2.45) is 11.3 Å². The summed E-state index contributed by atoms with van der Waals surface area (Å²) in [6.07, 6.45) is 10.3. The molecule has 0 N–H and O–H groups in total. The van der Waals surface area contributed by atoms with Gasteiger partial charge in [0, 0.05) is 51.7 Å². The summed E-state index contributed by atoms with van der Waals surface area (Å²) < 4.78 is 5.04. The Morgan fingerprint density at radius 2 is 1.72 bits per heavy atom. The number of hydrogen-bond donors (Lipinski definition) is 0. The van der Waals surface area contributed by atoms with Gasteiger partial charge in [0.1, 0.15) is 6.26 Å². The first-order valence-corrected chi connectivity index (χ1v) is 11.7. The second kappa shape index (κ2) is 8.94. The number of piperazine rings is 1. The number of carbonyl (C=O) groups is 2. The van der Waals surface area contributed by atoms with Crippen LogP contribution in [0.2, 0.25) is 0 Å². The summed E-state index contributed by atoms with van der Waals surface area (Å²) in [5.41, 5.74) is 1.96. The Hall–Kier alpha value is -2.86. The molecule has 3 fully saturated rings. The van der Waals surface area contributed by atoms with Crippen LogP contribution < -0.4 is 0 Å². The molecule has 2 aliphatic heterocycles. The van der Waals surface area contributed by atoms with Crippen LogP contribution in [0.15, 0.2) is 59.4 Å². The van der Waals surface area contributed by atoms with Gasteiger partial charge >= 0.3 is 0 Å². The van der Waals surface area contributed by atoms with E-state index in [1.165, 1.54) is 18.1 Å². The average molecular weight is 434 g/mol. The molecule has 0 radical (unpaired) electrons. The fourth-order valence-corrected chi connectivity index (χ4v) is 5.25. The Bertz CT molecular complexity index is 953. The molecule has 32 heavy (non-hydrogen) atoms. The smallest absolute Gasteiger partial charge is 0.257 e. The lowest BCUT2D eigenvalue weighted by Crippen LogP contribution is -2.49. The van der Waals surface area contributed by atoms with Crippen molar-refractivity contribution in [2.75, 3.05) is 45.8 Å². The van der Waals surface area contributed by atoms with Crippen LogP contribution in [0, 0.1) is 11.3 Å². The number of piperidine rings is 1. The van der Waals surface area contributed by atoms with Gasteiger partial charge in [0.2, 0.25) is 5.91 Å². The zero-order chi connectivity index (χ0) is 22.0. The van der Waals surface area contributed by atoms with Crippen LogP contribution in [-0.4, -0.2) is 72.3 Å². The molecule has 3 heterocycles. The lowest BCUT2D eigenvalue weighted by molar-refractivity contribution is -0.135. The fraction of sp³-hybridized carbons (Fsp3) is 0.462. The van der Waals surface area contributed by atoms with Gasteiger partial charge in [-0.15, -0.1) is 0 Å². The average Bonchev–Trinajstić information content (AvgIpc) is 3.26. The largest absolute Gasteiger partial charge is 0.472 e. The monoisotopic (exact) mass is 433 g/mol. The van der Waals surface area contributed by atoms with Gasteiger partial charge in [0.05, 0.1) is 11.8 Å². The minimum Gasteiger partial charge on any atom is -0.472 e. The van der Waals surface area contributed by atoms with Gasteiger partial charge in [-0.3, -0.25) is 14.5 Å². The Morgan fingerprint density at radius 3 is 2.41 bits per heavy atom. The van der Waals surface area contributed by atoms with Gasteiger partial charge in [0.15, 0.2) is 0 Å². The van der Waals surface area contributed by atoms with E-state index in [1.54, 1.807) is 6.07 Å². The highest BCUT2D eigenvalue weighted by Crippen LogP contribution is 2.60. The van der Waals surface area contributed by atoms with Gasteiger partial charge in [0.25, 0.3) is 5.91 Å². The zero-order valence-corrected chi connectivity index (χ0v) is 18.5. The molecule has 2 aromatic rings. The molecule has 6 heteroatoms. The Balaban J connectivity index is 1.06. The third kappa shape index (κ3) is 4.37. The number of rotatable bonds is 5. The number of nitrogens with zero attached hydrogens (tertiary/aromatic N) is 3. The predicted molar refractivity (Wildman–Crippen MR) is 123 cm³/mol. The molecule has 1 unspecified atom stereocenters. The van der Waals surface area contributed by atoms with E-state index in [-0.39, 0.29) is 17.2 Å². The third-order valence-corrected chi connectivity index (χ3v) is 7.46. The van der Waals surface area contributed by atoms with Gasteiger partial charge in [-0.1, -0.05) is 42.5 Å². The highest BCUT2D eigenvalue weighted by atomic mass is 16.3. The van der Waals surface area contributed by atoms with Crippen LogP contribution in [0.4, 0.5) is 0 Å². The molecule has 2 amide bonds. The van der Waals surface area contributed by atoms with Crippen molar-refractivity contribution >= 4 is 17.9 Å². The van der Waals surface area contributed by atoms with Crippen molar-refractivity contribution < 1.29 is 14.0 Å². The second-order valence-electron chi connectivity index (χ2n) is 9.36. The van der Waals surface area contributed by atoms with Crippen LogP contribution in [-0.2, 0) is 4.79 Å². The normalized spacial score (nSPS) is 23.1. The molecular formula is C26H31N3O3. The first kappa shape index (κ1) is 21.0. The first-order chi connectivity index (χ1) is 15.6. The maximum absolute atomic E-state index is 13.1. The quantitative estimate of drug-likeness (QED) is 0.725. The lowest BCUT2D eigenvalue weighted by atomic mass is 9.90. The molecule has 1 aromatic heterocycles. The molecule has 2 saturated heterocycles. The zero-order valence-electron chi connectivity index (χ0n) is 18.5. The summed E-state index contributed by atoms with van der Waals surface area (Å²) >= 11 is 0. The maximum Gasteiger partial charge on any atom is 0.257 e. The molecule has 1 atom stereocenters.